The maximum Gasteiger partial charge on any atom is 0.0923 e. The van der Waals surface area contributed by atoms with Crippen molar-refractivity contribution >= 4 is 5.71 Å². The van der Waals surface area contributed by atoms with Crippen molar-refractivity contribution in [1.29, 1.82) is 0 Å². The van der Waals surface area contributed by atoms with E-state index in [0.29, 0.717) is 11.8 Å². The van der Waals surface area contributed by atoms with E-state index in [1.807, 2.05) is 0 Å². The van der Waals surface area contributed by atoms with E-state index in [1.165, 1.54) is 31.3 Å². The summed E-state index contributed by atoms with van der Waals surface area (Å²) in [6.07, 6.45) is 17.3. The van der Waals surface area contributed by atoms with Gasteiger partial charge in [-0.2, -0.15) is 0 Å². The van der Waals surface area contributed by atoms with Crippen molar-refractivity contribution in [2.75, 3.05) is 6.61 Å². The molecular weight excluding hydrogens is 322 g/mol. The molecule has 3 saturated carbocycles. The van der Waals surface area contributed by atoms with Crippen LogP contribution in [-0.2, 0) is 4.74 Å². The third kappa shape index (κ3) is 2.07. The molecule has 3 nitrogen and oxygen atoms in total. The van der Waals surface area contributed by atoms with Gasteiger partial charge in [0.25, 0.3) is 0 Å². The van der Waals surface area contributed by atoms with Crippen LogP contribution in [0.2, 0.25) is 0 Å². The minimum Gasteiger partial charge on any atom is -0.411 e. The van der Waals surface area contributed by atoms with Crippen molar-refractivity contribution in [2.24, 2.45) is 40.2 Å². The number of hydrogen-bond acceptors (Lipinski definition) is 3. The van der Waals surface area contributed by atoms with Gasteiger partial charge in [-0.1, -0.05) is 35.9 Å². The van der Waals surface area contributed by atoms with E-state index < -0.39 is 0 Å². The van der Waals surface area contributed by atoms with Gasteiger partial charge in [0.2, 0.25) is 0 Å². The summed E-state index contributed by atoms with van der Waals surface area (Å²) in [5.74, 6) is 3.46. The molecule has 3 fully saturated rings. The fourth-order valence-electron chi connectivity index (χ4n) is 7.65. The van der Waals surface area contributed by atoms with Gasteiger partial charge in [-0.3, -0.25) is 0 Å². The molecule has 0 aromatic rings. The molecule has 5 rings (SSSR count). The number of rotatable bonds is 1. The lowest BCUT2D eigenvalue weighted by Crippen LogP contribution is -2.54. The van der Waals surface area contributed by atoms with Crippen LogP contribution in [-0.4, -0.2) is 23.1 Å². The highest BCUT2D eigenvalue weighted by molar-refractivity contribution is 5.96. The Morgan fingerprint density at radius 3 is 2.92 bits per heavy atom. The third-order valence-corrected chi connectivity index (χ3v) is 8.85. The van der Waals surface area contributed by atoms with Gasteiger partial charge in [0, 0.05) is 5.41 Å². The average Bonchev–Trinajstić information content (AvgIpc) is 3.26. The Kier molecular flexibility index (Phi) is 3.76. The highest BCUT2D eigenvalue weighted by atomic mass is 16.5. The molecule has 7 atom stereocenters. The quantitative estimate of drug-likeness (QED) is 0.403. The number of oxime groups is 1. The van der Waals surface area contributed by atoms with Gasteiger partial charge < -0.3 is 9.94 Å². The largest absolute Gasteiger partial charge is 0.411 e. The van der Waals surface area contributed by atoms with E-state index in [4.69, 9.17) is 4.74 Å². The Hall–Kier alpha value is -1.35. The Bertz CT molecular complexity index is 707. The molecule has 3 heteroatoms. The fraction of sp³-hybridized carbons (Fsp3) is 0.696. The first-order valence-corrected chi connectivity index (χ1v) is 10.5. The van der Waals surface area contributed by atoms with E-state index in [9.17, 15) is 5.21 Å². The van der Waals surface area contributed by atoms with Crippen LogP contribution in [0.5, 0.6) is 0 Å². The molecule has 0 bridgehead atoms. The number of fused-ring (bicyclic) bond motifs is 6. The molecule has 5 aliphatic rings. The molecular formula is C23H31NO2. The molecule has 140 valence electrons. The molecule has 0 radical (unpaired) electrons. The van der Waals surface area contributed by atoms with Gasteiger partial charge in [-0.05, 0) is 80.6 Å². The van der Waals surface area contributed by atoms with Crippen LogP contribution in [0.25, 0.3) is 0 Å². The molecule has 4 unspecified atom stereocenters. The number of nitrogens with zero attached hydrogens (tertiary/aromatic N) is 1. The van der Waals surface area contributed by atoms with E-state index in [2.05, 4.69) is 43.0 Å². The van der Waals surface area contributed by atoms with E-state index in [1.54, 1.807) is 0 Å². The Morgan fingerprint density at radius 1 is 1.31 bits per heavy atom. The van der Waals surface area contributed by atoms with Crippen molar-refractivity contribution < 1.29 is 9.94 Å². The van der Waals surface area contributed by atoms with Crippen molar-refractivity contribution in [3.63, 3.8) is 0 Å². The summed E-state index contributed by atoms with van der Waals surface area (Å²) in [5.41, 5.74) is 2.65. The first-order chi connectivity index (χ1) is 12.6. The summed E-state index contributed by atoms with van der Waals surface area (Å²) in [4.78, 5) is 0. The Labute approximate surface area is 156 Å². The molecule has 1 aliphatic heterocycles. The second-order valence-electron chi connectivity index (χ2n) is 9.50. The molecule has 1 heterocycles. The third-order valence-electron chi connectivity index (χ3n) is 8.85. The van der Waals surface area contributed by atoms with Crippen LogP contribution < -0.4 is 0 Å². The number of hydrogen-bond donors (Lipinski definition) is 1. The first-order valence-electron chi connectivity index (χ1n) is 10.5. The zero-order chi connectivity index (χ0) is 17.9. The van der Waals surface area contributed by atoms with Crippen LogP contribution in [0, 0.1) is 35.0 Å². The van der Waals surface area contributed by atoms with Crippen LogP contribution >= 0.6 is 0 Å². The zero-order valence-electron chi connectivity index (χ0n) is 15.9. The summed E-state index contributed by atoms with van der Waals surface area (Å²) in [6.45, 7) is 7.53. The minimum atomic E-state index is -0.00620. The van der Waals surface area contributed by atoms with Gasteiger partial charge in [0.05, 0.1) is 17.9 Å². The van der Waals surface area contributed by atoms with Crippen molar-refractivity contribution in [3.8, 4) is 0 Å². The monoisotopic (exact) mass is 353 g/mol. The maximum atomic E-state index is 9.21. The molecule has 0 amide bonds. The van der Waals surface area contributed by atoms with Crippen LogP contribution in [0.4, 0.5) is 0 Å². The molecule has 0 aromatic carbocycles. The lowest BCUT2D eigenvalue weighted by Gasteiger charge is -2.57. The molecule has 0 aromatic heterocycles. The normalized spacial score (nSPS) is 51.0. The lowest BCUT2D eigenvalue weighted by atomic mass is 9.48. The summed E-state index contributed by atoms with van der Waals surface area (Å²) in [7, 11) is 0. The fourth-order valence-corrected chi connectivity index (χ4v) is 7.65. The van der Waals surface area contributed by atoms with Gasteiger partial charge >= 0.3 is 0 Å². The predicted molar refractivity (Wildman–Crippen MR) is 103 cm³/mol. The molecule has 1 spiro atoms. The average molecular weight is 354 g/mol. The standard InChI is InChI=1S/C23H31NO2/c1-3-15-13-16-14-17(24-25)5-6-18(16)19-7-10-22(2)20(21(15)19)8-11-23(22)9-4-12-26-23/h3-4,9,14-15,18-21,25H,1,5-8,10-13H2,2H3/b24-17+/t15?,18-,19?,20?,21?,22-,23-/m0/s1. The van der Waals surface area contributed by atoms with Crippen molar-refractivity contribution in [2.45, 2.75) is 57.5 Å². The summed E-state index contributed by atoms with van der Waals surface area (Å²) < 4.78 is 6.37. The summed E-state index contributed by atoms with van der Waals surface area (Å²) >= 11 is 0. The van der Waals surface area contributed by atoms with Crippen molar-refractivity contribution in [1.82, 2.24) is 0 Å². The molecule has 1 N–H and O–H groups in total. The van der Waals surface area contributed by atoms with Crippen LogP contribution in [0.1, 0.15) is 51.9 Å². The predicted octanol–water partition coefficient (Wildman–Crippen LogP) is 5.13. The summed E-state index contributed by atoms with van der Waals surface area (Å²) in [5, 5.41) is 12.7. The van der Waals surface area contributed by atoms with Gasteiger partial charge in [-0.25, -0.2) is 0 Å². The molecule has 26 heavy (non-hydrogen) atoms. The van der Waals surface area contributed by atoms with Gasteiger partial charge in [-0.15, -0.1) is 6.58 Å². The van der Waals surface area contributed by atoms with Crippen LogP contribution in [0.15, 0.2) is 41.6 Å². The van der Waals surface area contributed by atoms with E-state index in [0.717, 1.165) is 49.3 Å². The van der Waals surface area contributed by atoms with E-state index in [-0.39, 0.29) is 11.0 Å². The maximum absolute atomic E-state index is 9.21. The zero-order valence-corrected chi connectivity index (χ0v) is 15.9. The minimum absolute atomic E-state index is 0.00620. The number of allylic oxidation sites excluding steroid dienone is 3. The van der Waals surface area contributed by atoms with E-state index >= 15 is 0 Å². The van der Waals surface area contributed by atoms with Gasteiger partial charge in [0.15, 0.2) is 0 Å². The highest BCUT2D eigenvalue weighted by Crippen LogP contribution is 2.67. The molecule has 4 aliphatic carbocycles. The second-order valence-corrected chi connectivity index (χ2v) is 9.50. The molecule has 0 saturated heterocycles. The summed E-state index contributed by atoms with van der Waals surface area (Å²) in [6, 6.07) is 0. The SMILES string of the molecule is C=CC1CC2=C/C(=N/O)CC[C@@H]2C2CC[C@@]3(C)C(CC[C@@]34C=CCO4)C12. The smallest absolute Gasteiger partial charge is 0.0923 e. The number of ether oxygens (including phenoxy) is 1. The topological polar surface area (TPSA) is 41.8 Å². The Balaban J connectivity index is 1.52. The Morgan fingerprint density at radius 2 is 2.19 bits per heavy atom. The second kappa shape index (κ2) is 5.82. The van der Waals surface area contributed by atoms with Gasteiger partial charge in [0.1, 0.15) is 0 Å². The van der Waals surface area contributed by atoms with Crippen molar-refractivity contribution in [3.05, 3.63) is 36.5 Å². The lowest BCUT2D eigenvalue weighted by molar-refractivity contribution is -0.116. The van der Waals surface area contributed by atoms with Crippen LogP contribution in [0.3, 0.4) is 0 Å². The highest BCUT2D eigenvalue weighted by Gasteiger charge is 2.64. The first kappa shape index (κ1) is 16.8.